The molecule has 2 aromatic heterocycles. The molecule has 11 heteroatoms. The molecular weight excluding hydrogens is 365 g/mol. The average Bonchev–Trinajstić information content (AvgIpc) is 3.27. The quantitative estimate of drug-likeness (QED) is 0.735. The fraction of sp³-hybridized carbons (Fsp3) is 0.438. The number of pyridine rings is 1. The van der Waals surface area contributed by atoms with E-state index in [0.29, 0.717) is 24.3 Å². The molecular formula is C16H17F3N6O2. The van der Waals surface area contributed by atoms with Crippen molar-refractivity contribution in [1.29, 1.82) is 0 Å². The van der Waals surface area contributed by atoms with E-state index in [1.165, 1.54) is 6.20 Å². The van der Waals surface area contributed by atoms with Crippen LogP contribution in [0.2, 0.25) is 0 Å². The first-order chi connectivity index (χ1) is 13.0. The summed E-state index contributed by atoms with van der Waals surface area (Å²) in [6.45, 7) is -2.03. The average molecular weight is 382 g/mol. The number of carbonyl (C=O) groups excluding carboxylic acids is 1. The maximum absolute atomic E-state index is 14.9. The number of anilines is 1. The molecule has 2 atom stereocenters. The van der Waals surface area contributed by atoms with Crippen LogP contribution in [-0.4, -0.2) is 46.0 Å². The number of nitrogens with one attached hydrogen (secondary N) is 2. The number of rotatable bonds is 4. The molecule has 0 spiro atoms. The molecule has 1 saturated heterocycles. The van der Waals surface area contributed by atoms with Crippen LogP contribution < -0.4 is 16.4 Å². The van der Waals surface area contributed by atoms with Gasteiger partial charge in [0.05, 0.1) is 24.1 Å². The Balaban J connectivity index is 1.78. The molecule has 1 fully saturated rings. The summed E-state index contributed by atoms with van der Waals surface area (Å²) in [5, 5.41) is 9.08. The topological polar surface area (TPSA) is 107 Å². The zero-order valence-corrected chi connectivity index (χ0v) is 14.1. The van der Waals surface area contributed by atoms with E-state index in [0.717, 1.165) is 6.20 Å². The highest BCUT2D eigenvalue weighted by Crippen LogP contribution is 2.33. The molecule has 27 heavy (non-hydrogen) atoms. The van der Waals surface area contributed by atoms with Gasteiger partial charge < -0.3 is 21.1 Å². The first-order valence-electron chi connectivity index (χ1n) is 8.38. The molecule has 1 amide bonds. The van der Waals surface area contributed by atoms with E-state index in [1.807, 2.05) is 0 Å². The monoisotopic (exact) mass is 382 g/mol. The van der Waals surface area contributed by atoms with Crippen molar-refractivity contribution < 1.29 is 22.7 Å². The predicted molar refractivity (Wildman–Crippen MR) is 88.7 cm³/mol. The number of hydrogen-bond donors (Lipinski definition) is 3. The molecule has 0 aliphatic carbocycles. The number of aromatic nitrogens is 3. The van der Waals surface area contributed by atoms with E-state index in [4.69, 9.17) is 10.5 Å². The van der Waals surface area contributed by atoms with E-state index >= 15 is 0 Å². The number of carbonyl (C=O) groups is 1. The normalized spacial score (nSPS) is 22.0. The highest BCUT2D eigenvalue weighted by molar-refractivity contribution is 6.04. The van der Waals surface area contributed by atoms with Crippen molar-refractivity contribution in [2.45, 2.75) is 31.6 Å². The van der Waals surface area contributed by atoms with Gasteiger partial charge in [-0.1, -0.05) is 0 Å². The van der Waals surface area contributed by atoms with Crippen LogP contribution in [0.3, 0.4) is 0 Å². The lowest BCUT2D eigenvalue weighted by Crippen LogP contribution is -2.48. The SMILES string of the molecule is NC1COCC[C@H]1Nc1nc(-c2cnn(C(F)F)c2)c2c(c1F)CNC2=O. The third kappa shape index (κ3) is 3.12. The van der Waals surface area contributed by atoms with E-state index in [1.54, 1.807) is 0 Å². The molecule has 0 aromatic carbocycles. The van der Waals surface area contributed by atoms with Crippen LogP contribution in [0.15, 0.2) is 12.4 Å². The van der Waals surface area contributed by atoms with Gasteiger partial charge >= 0.3 is 6.55 Å². The Morgan fingerprint density at radius 1 is 1.44 bits per heavy atom. The van der Waals surface area contributed by atoms with Crippen LogP contribution in [0.5, 0.6) is 0 Å². The first kappa shape index (κ1) is 17.7. The van der Waals surface area contributed by atoms with Crippen LogP contribution in [0.4, 0.5) is 19.0 Å². The molecule has 2 aromatic rings. The minimum absolute atomic E-state index is 0.00693. The highest BCUT2D eigenvalue weighted by Gasteiger charge is 2.32. The summed E-state index contributed by atoms with van der Waals surface area (Å²) < 4.78 is 46.3. The number of fused-ring (bicyclic) bond motifs is 1. The summed E-state index contributed by atoms with van der Waals surface area (Å²) in [4.78, 5) is 16.4. The Morgan fingerprint density at radius 3 is 2.96 bits per heavy atom. The van der Waals surface area contributed by atoms with Crippen molar-refractivity contribution in [3.8, 4) is 11.3 Å². The summed E-state index contributed by atoms with van der Waals surface area (Å²) in [6.07, 6.45) is 2.80. The van der Waals surface area contributed by atoms with Gasteiger partial charge in [0.1, 0.15) is 0 Å². The van der Waals surface area contributed by atoms with Crippen LogP contribution in [0.1, 0.15) is 28.9 Å². The summed E-state index contributed by atoms with van der Waals surface area (Å²) in [5.41, 5.74) is 6.46. The van der Waals surface area contributed by atoms with Crippen molar-refractivity contribution in [2.24, 2.45) is 5.73 Å². The van der Waals surface area contributed by atoms with E-state index in [2.05, 4.69) is 20.7 Å². The second kappa shape index (κ2) is 6.82. The highest BCUT2D eigenvalue weighted by atomic mass is 19.3. The van der Waals surface area contributed by atoms with E-state index in [-0.39, 0.29) is 46.8 Å². The number of alkyl halides is 2. The lowest BCUT2D eigenvalue weighted by molar-refractivity contribution is 0.0566. The van der Waals surface area contributed by atoms with Gasteiger partial charge in [0, 0.05) is 42.6 Å². The fourth-order valence-electron chi connectivity index (χ4n) is 3.27. The maximum Gasteiger partial charge on any atom is 0.333 e. The molecule has 1 unspecified atom stereocenters. The molecule has 144 valence electrons. The molecule has 4 N–H and O–H groups in total. The van der Waals surface area contributed by atoms with Crippen molar-refractivity contribution >= 4 is 11.7 Å². The molecule has 0 bridgehead atoms. The Hall–Kier alpha value is -2.66. The fourth-order valence-corrected chi connectivity index (χ4v) is 3.27. The Morgan fingerprint density at radius 2 is 2.26 bits per heavy atom. The summed E-state index contributed by atoms with van der Waals surface area (Å²) >= 11 is 0. The second-order valence-electron chi connectivity index (χ2n) is 6.42. The summed E-state index contributed by atoms with van der Waals surface area (Å²) in [7, 11) is 0. The van der Waals surface area contributed by atoms with Crippen LogP contribution in [0, 0.1) is 5.82 Å². The first-order valence-corrected chi connectivity index (χ1v) is 8.38. The van der Waals surface area contributed by atoms with E-state index in [9.17, 15) is 18.0 Å². The summed E-state index contributed by atoms with van der Waals surface area (Å²) in [6, 6.07) is -0.613. The number of halogens is 3. The smallest absolute Gasteiger partial charge is 0.333 e. The molecule has 4 heterocycles. The zero-order valence-electron chi connectivity index (χ0n) is 14.1. The van der Waals surface area contributed by atoms with Crippen LogP contribution in [-0.2, 0) is 11.3 Å². The van der Waals surface area contributed by atoms with Gasteiger partial charge in [-0.15, -0.1) is 0 Å². The number of nitrogens with two attached hydrogens (primary N) is 1. The van der Waals surface area contributed by atoms with E-state index < -0.39 is 18.3 Å². The largest absolute Gasteiger partial charge is 0.380 e. The van der Waals surface area contributed by atoms with Crippen LogP contribution >= 0.6 is 0 Å². The van der Waals surface area contributed by atoms with Crippen molar-refractivity contribution in [2.75, 3.05) is 18.5 Å². The van der Waals surface area contributed by atoms with Gasteiger partial charge in [0.25, 0.3) is 5.91 Å². The molecule has 0 radical (unpaired) electrons. The van der Waals surface area contributed by atoms with Gasteiger partial charge in [0.2, 0.25) is 0 Å². The number of amides is 1. The van der Waals surface area contributed by atoms with Gasteiger partial charge in [-0.05, 0) is 6.42 Å². The summed E-state index contributed by atoms with van der Waals surface area (Å²) in [5.74, 6) is -1.25. The predicted octanol–water partition coefficient (Wildman–Crippen LogP) is 1.25. The third-order valence-corrected chi connectivity index (χ3v) is 4.69. The second-order valence-corrected chi connectivity index (χ2v) is 6.42. The van der Waals surface area contributed by atoms with Crippen LogP contribution in [0.25, 0.3) is 11.3 Å². The number of nitrogens with zero attached hydrogens (tertiary/aromatic N) is 3. The molecule has 4 rings (SSSR count). The van der Waals surface area contributed by atoms with Gasteiger partial charge in [-0.3, -0.25) is 4.79 Å². The maximum atomic E-state index is 14.9. The van der Waals surface area contributed by atoms with Crippen molar-refractivity contribution in [3.63, 3.8) is 0 Å². The molecule has 0 saturated carbocycles. The Bertz CT molecular complexity index is 887. The Kier molecular flexibility index (Phi) is 4.48. The number of hydrogen-bond acceptors (Lipinski definition) is 6. The lowest BCUT2D eigenvalue weighted by Gasteiger charge is -2.30. The van der Waals surface area contributed by atoms with Crippen molar-refractivity contribution in [1.82, 2.24) is 20.1 Å². The van der Waals surface area contributed by atoms with Gasteiger partial charge in [-0.2, -0.15) is 13.9 Å². The zero-order chi connectivity index (χ0) is 19.1. The minimum Gasteiger partial charge on any atom is -0.380 e. The van der Waals surface area contributed by atoms with Gasteiger partial charge in [0.15, 0.2) is 11.6 Å². The molecule has 2 aliphatic rings. The minimum atomic E-state index is -2.83. The third-order valence-electron chi connectivity index (χ3n) is 4.69. The van der Waals surface area contributed by atoms with Crippen molar-refractivity contribution in [3.05, 3.63) is 29.3 Å². The molecule has 8 nitrogen and oxygen atoms in total. The molecule has 2 aliphatic heterocycles. The Labute approximate surface area is 151 Å². The number of ether oxygens (including phenoxy) is 1. The lowest BCUT2D eigenvalue weighted by atomic mass is 10.0. The van der Waals surface area contributed by atoms with Gasteiger partial charge in [-0.25, -0.2) is 14.1 Å². The standard InChI is InChI=1S/C16H17F3N6O2/c17-12-8-4-21-15(26)11(8)13(7-3-22-25(5-7)16(18)19)24-14(12)23-10-1-2-27-6-9(10)20/h3,5,9-10,16H,1-2,4,6,20H2,(H,21,26)(H,23,24)/t9?,10-/m1/s1.